The van der Waals surface area contributed by atoms with Gasteiger partial charge in [-0.1, -0.05) is 31.4 Å². The lowest BCUT2D eigenvalue weighted by Gasteiger charge is -2.35. The molecule has 11 heteroatoms. The molecule has 0 saturated carbocycles. The van der Waals surface area contributed by atoms with Crippen molar-refractivity contribution in [3.8, 4) is 0 Å². The molecule has 1 heterocycles. The molecule has 1 aromatic carbocycles. The van der Waals surface area contributed by atoms with Crippen molar-refractivity contribution >= 4 is 17.5 Å². The number of amides is 1. The lowest BCUT2D eigenvalue weighted by molar-refractivity contribution is -0.137. The summed E-state index contributed by atoms with van der Waals surface area (Å²) in [5, 5.41) is 18.7. The second-order valence-electron chi connectivity index (χ2n) is 10.3. The van der Waals surface area contributed by atoms with Gasteiger partial charge in [-0.05, 0) is 68.2 Å². The minimum atomic E-state index is -4.56. The van der Waals surface area contributed by atoms with Crippen molar-refractivity contribution in [1.82, 2.24) is 4.90 Å². The van der Waals surface area contributed by atoms with Gasteiger partial charge in [0.15, 0.2) is 0 Å². The van der Waals surface area contributed by atoms with Crippen molar-refractivity contribution in [1.29, 1.82) is 0 Å². The number of hydrogen-bond acceptors (Lipinski definition) is 6. The number of carbonyl (C=O) groups is 1. The predicted octanol–water partition coefficient (Wildman–Crippen LogP) is 6.67. The summed E-state index contributed by atoms with van der Waals surface area (Å²) < 4.78 is 55.0. The molecule has 0 aromatic heterocycles. The summed E-state index contributed by atoms with van der Waals surface area (Å²) in [4.78, 5) is 14.6. The molecule has 2 N–H and O–H groups in total. The molecule has 2 rings (SSSR count). The molecule has 1 amide bonds. The number of allylic oxidation sites excluding steroid dienone is 2. The Balaban J connectivity index is 1.69. The zero-order valence-electron chi connectivity index (χ0n) is 24.0. The van der Waals surface area contributed by atoms with Crippen molar-refractivity contribution < 1.29 is 42.4 Å². The highest BCUT2D eigenvalue weighted by Gasteiger charge is 2.34. The molecule has 1 fully saturated rings. The van der Waals surface area contributed by atoms with Crippen LogP contribution in [0.15, 0.2) is 30.0 Å². The van der Waals surface area contributed by atoms with Crippen molar-refractivity contribution in [2.45, 2.75) is 64.5 Å². The second-order valence-corrected chi connectivity index (χ2v) is 10.7. The van der Waals surface area contributed by atoms with Crippen LogP contribution >= 0.6 is 11.6 Å². The number of hydrogen-bond donors (Lipinski definition) is 2. The van der Waals surface area contributed by atoms with Crippen LogP contribution in [0.3, 0.4) is 0 Å². The lowest BCUT2D eigenvalue weighted by Crippen LogP contribution is -2.40. The zero-order valence-corrected chi connectivity index (χ0v) is 24.7. The number of carbonyl (C=O) groups excluding carboxylic acids is 1. The summed E-state index contributed by atoms with van der Waals surface area (Å²) in [7, 11) is 0. The third kappa shape index (κ3) is 13.3. The average Bonchev–Trinajstić information content (AvgIpc) is 2.94. The van der Waals surface area contributed by atoms with Crippen molar-refractivity contribution in [2.24, 2.45) is 11.8 Å². The van der Waals surface area contributed by atoms with Gasteiger partial charge >= 0.3 is 6.18 Å². The van der Waals surface area contributed by atoms with Gasteiger partial charge in [-0.15, -0.1) is 0 Å². The van der Waals surface area contributed by atoms with Crippen molar-refractivity contribution in [2.75, 3.05) is 59.3 Å². The molecule has 1 atom stereocenters. The first-order valence-corrected chi connectivity index (χ1v) is 14.9. The van der Waals surface area contributed by atoms with E-state index < -0.39 is 16.8 Å². The van der Waals surface area contributed by atoms with Crippen LogP contribution in [0.2, 0.25) is 5.02 Å². The number of aliphatic hydroxyl groups is 2. The first-order chi connectivity index (χ1) is 19.7. The van der Waals surface area contributed by atoms with E-state index in [-0.39, 0.29) is 24.0 Å². The molecule has 1 unspecified atom stereocenters. The summed E-state index contributed by atoms with van der Waals surface area (Å²) in [6.45, 7) is 6.06. The third-order valence-electron chi connectivity index (χ3n) is 7.18. The molecule has 234 valence electrons. The minimum Gasteiger partial charge on any atom is -0.513 e. The van der Waals surface area contributed by atoms with Gasteiger partial charge in [-0.3, -0.25) is 4.79 Å². The first-order valence-electron chi connectivity index (χ1n) is 14.6. The standard InChI is InChI=1S/C30H45ClF3NO6/c1-2-6-24(21-26(37)7-4-3-5-15-39-17-19-41-20-18-40-16-14-36)23-10-12-35(13-11-23)29(38)25-8-9-27(28(31)22-25)30(32,33)34/h8-9,21-24,36-37H,2-7,10-20H2,1H3/b26-21-. The number of ether oxygens (including phenoxy) is 3. The first kappa shape index (κ1) is 35.3. The van der Waals surface area contributed by atoms with Crippen molar-refractivity contribution in [3.63, 3.8) is 0 Å². The quantitative estimate of drug-likeness (QED) is 0.135. The molecular formula is C30H45ClF3NO6. The molecule has 1 saturated heterocycles. The third-order valence-corrected chi connectivity index (χ3v) is 7.50. The molecule has 0 aliphatic carbocycles. The van der Waals surface area contributed by atoms with E-state index in [2.05, 4.69) is 6.92 Å². The number of aliphatic hydroxyl groups excluding tert-OH is 2. The number of likely N-dealkylation sites (tertiary alicyclic amines) is 1. The maximum atomic E-state index is 13.0. The smallest absolute Gasteiger partial charge is 0.417 e. The summed E-state index contributed by atoms with van der Waals surface area (Å²) in [6.07, 6.45) is 4.22. The number of nitrogens with zero attached hydrogens (tertiary/aromatic N) is 1. The van der Waals surface area contributed by atoms with Gasteiger partial charge in [0, 0.05) is 31.7 Å². The lowest BCUT2D eigenvalue weighted by atomic mass is 9.81. The molecule has 0 spiro atoms. The average molecular weight is 608 g/mol. The number of alkyl halides is 3. The van der Waals surface area contributed by atoms with Crippen LogP contribution in [0.4, 0.5) is 13.2 Å². The molecule has 0 radical (unpaired) electrons. The molecule has 0 bridgehead atoms. The Hall–Kier alpha value is -1.85. The van der Waals surface area contributed by atoms with Gasteiger partial charge in [-0.2, -0.15) is 13.2 Å². The Labute approximate surface area is 246 Å². The van der Waals surface area contributed by atoms with Gasteiger partial charge < -0.3 is 29.3 Å². The molecule has 41 heavy (non-hydrogen) atoms. The van der Waals surface area contributed by atoms with Gasteiger partial charge in [0.1, 0.15) is 0 Å². The van der Waals surface area contributed by atoms with E-state index >= 15 is 0 Å². The van der Waals surface area contributed by atoms with Crippen LogP contribution in [0.1, 0.15) is 74.2 Å². The van der Waals surface area contributed by atoms with Crippen LogP contribution in [-0.2, 0) is 20.4 Å². The normalized spacial score (nSPS) is 15.9. The Bertz CT molecular complexity index is 922. The molecule has 7 nitrogen and oxygen atoms in total. The van der Waals surface area contributed by atoms with E-state index in [0.717, 1.165) is 57.1 Å². The number of halogens is 4. The van der Waals surface area contributed by atoms with E-state index in [1.165, 1.54) is 6.07 Å². The van der Waals surface area contributed by atoms with E-state index in [4.69, 9.17) is 30.9 Å². The van der Waals surface area contributed by atoms with Crippen LogP contribution in [0.5, 0.6) is 0 Å². The van der Waals surface area contributed by atoms with Crippen LogP contribution < -0.4 is 0 Å². The Kier molecular flexibility index (Phi) is 16.7. The van der Waals surface area contributed by atoms with Gasteiger partial charge in [0.25, 0.3) is 5.91 Å². The Morgan fingerprint density at radius 3 is 2.27 bits per heavy atom. The van der Waals surface area contributed by atoms with Crippen LogP contribution in [-0.4, -0.2) is 80.4 Å². The number of benzene rings is 1. The molecule has 1 aliphatic heterocycles. The molecular weight excluding hydrogens is 563 g/mol. The number of rotatable bonds is 19. The van der Waals surface area contributed by atoms with E-state index in [0.29, 0.717) is 70.8 Å². The summed E-state index contributed by atoms with van der Waals surface area (Å²) in [5.74, 6) is 0.633. The summed E-state index contributed by atoms with van der Waals surface area (Å²) in [6, 6.07) is 3.14. The van der Waals surface area contributed by atoms with E-state index in [9.17, 15) is 23.1 Å². The number of unbranched alkanes of at least 4 members (excludes halogenated alkanes) is 2. The van der Waals surface area contributed by atoms with Gasteiger partial charge in [0.2, 0.25) is 0 Å². The molecule has 1 aromatic rings. The van der Waals surface area contributed by atoms with Gasteiger partial charge in [-0.25, -0.2) is 0 Å². The second kappa shape index (κ2) is 19.4. The largest absolute Gasteiger partial charge is 0.513 e. The highest BCUT2D eigenvalue weighted by atomic mass is 35.5. The highest BCUT2D eigenvalue weighted by molar-refractivity contribution is 6.31. The van der Waals surface area contributed by atoms with Crippen LogP contribution in [0.25, 0.3) is 0 Å². The van der Waals surface area contributed by atoms with Crippen molar-refractivity contribution in [3.05, 3.63) is 46.2 Å². The predicted molar refractivity (Wildman–Crippen MR) is 152 cm³/mol. The fourth-order valence-corrected chi connectivity index (χ4v) is 5.29. The fraction of sp³-hybridized carbons (Fsp3) is 0.700. The fourth-order valence-electron chi connectivity index (χ4n) is 5.00. The summed E-state index contributed by atoms with van der Waals surface area (Å²) in [5.41, 5.74) is -0.792. The number of piperidine rings is 1. The SMILES string of the molecule is CCCC(/C=C(\O)CCCCCOCCOCCOCCO)C1CCN(C(=O)c2ccc(C(F)(F)F)c(Cl)c2)CC1. The van der Waals surface area contributed by atoms with Crippen LogP contribution in [0, 0.1) is 11.8 Å². The summed E-state index contributed by atoms with van der Waals surface area (Å²) >= 11 is 5.81. The maximum Gasteiger partial charge on any atom is 0.417 e. The zero-order chi connectivity index (χ0) is 30.1. The Morgan fingerprint density at radius 2 is 1.68 bits per heavy atom. The topological polar surface area (TPSA) is 88.5 Å². The van der Waals surface area contributed by atoms with E-state index in [1.807, 2.05) is 6.08 Å². The minimum absolute atomic E-state index is 0.00847. The highest BCUT2D eigenvalue weighted by Crippen LogP contribution is 2.36. The maximum absolute atomic E-state index is 13.0. The molecule has 1 aliphatic rings. The Morgan fingerprint density at radius 1 is 1.05 bits per heavy atom. The monoisotopic (exact) mass is 607 g/mol. The van der Waals surface area contributed by atoms with E-state index in [1.54, 1.807) is 4.90 Å². The van der Waals surface area contributed by atoms with Gasteiger partial charge in [0.05, 0.1) is 56.0 Å².